The molecule has 2 amide bonds. The molecule has 6 heteroatoms. The molecule has 23 heavy (non-hydrogen) atoms. The van der Waals surface area contributed by atoms with Gasteiger partial charge in [0.15, 0.2) is 11.5 Å². The van der Waals surface area contributed by atoms with Crippen LogP contribution in [-0.2, 0) is 6.42 Å². The van der Waals surface area contributed by atoms with Crippen LogP contribution in [0.15, 0.2) is 42.5 Å². The molecule has 0 heterocycles. The number of nitrogens with one attached hydrogen (secondary N) is 2. The van der Waals surface area contributed by atoms with Crippen molar-refractivity contribution in [3.8, 4) is 11.5 Å². The molecule has 0 saturated heterocycles. The fraction of sp³-hybridized carbons (Fsp3) is 0.235. The third-order valence-corrected chi connectivity index (χ3v) is 3.65. The lowest BCUT2D eigenvalue weighted by Gasteiger charge is -2.11. The SMILES string of the molecule is COc1ccc(NC(=O)NCCc2ccccc2Cl)cc1OC. The third kappa shape index (κ3) is 4.79. The Hall–Kier alpha value is -2.40. The van der Waals surface area contributed by atoms with E-state index in [0.29, 0.717) is 35.2 Å². The molecule has 2 aromatic rings. The van der Waals surface area contributed by atoms with Crippen LogP contribution in [0.2, 0.25) is 5.02 Å². The summed E-state index contributed by atoms with van der Waals surface area (Å²) in [5, 5.41) is 6.25. The molecule has 0 saturated carbocycles. The van der Waals surface area contributed by atoms with Gasteiger partial charge in [-0.2, -0.15) is 0 Å². The molecule has 0 unspecified atom stereocenters. The number of carbonyl (C=O) groups is 1. The second-order valence-electron chi connectivity index (χ2n) is 4.79. The lowest BCUT2D eigenvalue weighted by Crippen LogP contribution is -2.30. The number of carbonyl (C=O) groups excluding carboxylic acids is 1. The van der Waals surface area contributed by atoms with Gasteiger partial charge in [-0.05, 0) is 30.2 Å². The molecular formula is C17H19ClN2O3. The van der Waals surface area contributed by atoms with Crippen LogP contribution < -0.4 is 20.1 Å². The Morgan fingerprint density at radius 3 is 2.52 bits per heavy atom. The summed E-state index contributed by atoms with van der Waals surface area (Å²) in [4.78, 5) is 11.9. The van der Waals surface area contributed by atoms with Gasteiger partial charge in [0.1, 0.15) is 0 Å². The van der Waals surface area contributed by atoms with Crippen LogP contribution in [0.5, 0.6) is 11.5 Å². The summed E-state index contributed by atoms with van der Waals surface area (Å²) in [6.07, 6.45) is 0.666. The zero-order valence-electron chi connectivity index (χ0n) is 13.1. The quantitative estimate of drug-likeness (QED) is 0.846. The van der Waals surface area contributed by atoms with Crippen molar-refractivity contribution in [2.75, 3.05) is 26.1 Å². The maximum Gasteiger partial charge on any atom is 0.319 e. The first-order chi connectivity index (χ1) is 11.1. The lowest BCUT2D eigenvalue weighted by molar-refractivity contribution is 0.252. The molecule has 2 N–H and O–H groups in total. The molecule has 122 valence electrons. The van der Waals surface area contributed by atoms with Gasteiger partial charge in [0, 0.05) is 23.3 Å². The van der Waals surface area contributed by atoms with Gasteiger partial charge in [-0.25, -0.2) is 4.79 Å². The maximum atomic E-state index is 11.9. The second-order valence-corrected chi connectivity index (χ2v) is 5.20. The fourth-order valence-electron chi connectivity index (χ4n) is 2.10. The highest BCUT2D eigenvalue weighted by atomic mass is 35.5. The summed E-state index contributed by atoms with van der Waals surface area (Å²) in [7, 11) is 3.11. The number of anilines is 1. The monoisotopic (exact) mass is 334 g/mol. The molecule has 0 aliphatic heterocycles. The van der Waals surface area contributed by atoms with Crippen LogP contribution in [0, 0.1) is 0 Å². The minimum Gasteiger partial charge on any atom is -0.493 e. The Morgan fingerprint density at radius 2 is 1.83 bits per heavy atom. The number of halogens is 1. The molecule has 0 aromatic heterocycles. The predicted octanol–water partition coefficient (Wildman–Crippen LogP) is 3.72. The van der Waals surface area contributed by atoms with Gasteiger partial charge >= 0.3 is 6.03 Å². The topological polar surface area (TPSA) is 59.6 Å². The zero-order valence-corrected chi connectivity index (χ0v) is 13.8. The number of urea groups is 1. The summed E-state index contributed by atoms with van der Waals surface area (Å²) in [6.45, 7) is 0.489. The van der Waals surface area contributed by atoms with Crippen LogP contribution in [-0.4, -0.2) is 26.8 Å². The summed E-state index contributed by atoms with van der Waals surface area (Å²) >= 11 is 6.08. The molecule has 0 spiro atoms. The van der Waals surface area contributed by atoms with Gasteiger partial charge in [0.2, 0.25) is 0 Å². The summed E-state index contributed by atoms with van der Waals surface area (Å²) in [6, 6.07) is 12.5. The first kappa shape index (κ1) is 17.0. The van der Waals surface area contributed by atoms with Gasteiger partial charge in [0.05, 0.1) is 14.2 Å². The van der Waals surface area contributed by atoms with Crippen LogP contribution in [0.1, 0.15) is 5.56 Å². The number of amides is 2. The molecule has 2 aromatic carbocycles. The van der Waals surface area contributed by atoms with Crippen LogP contribution in [0.4, 0.5) is 10.5 Å². The van der Waals surface area contributed by atoms with Gasteiger partial charge in [0.25, 0.3) is 0 Å². The fourth-order valence-corrected chi connectivity index (χ4v) is 2.33. The number of ether oxygens (including phenoxy) is 2. The van der Waals surface area contributed by atoms with Crippen molar-refractivity contribution < 1.29 is 14.3 Å². The summed E-state index contributed by atoms with van der Waals surface area (Å²) in [5.74, 6) is 1.17. The van der Waals surface area contributed by atoms with Crippen molar-refractivity contribution in [3.05, 3.63) is 53.1 Å². The average Bonchev–Trinajstić information content (AvgIpc) is 2.56. The third-order valence-electron chi connectivity index (χ3n) is 3.28. The van der Waals surface area contributed by atoms with Crippen molar-refractivity contribution in [3.63, 3.8) is 0 Å². The van der Waals surface area contributed by atoms with E-state index in [0.717, 1.165) is 5.56 Å². The highest BCUT2D eigenvalue weighted by Crippen LogP contribution is 2.29. The van der Waals surface area contributed by atoms with E-state index in [-0.39, 0.29) is 6.03 Å². The van der Waals surface area contributed by atoms with E-state index in [1.54, 1.807) is 32.4 Å². The Kier molecular flexibility index (Phi) is 6.11. The van der Waals surface area contributed by atoms with Crippen molar-refractivity contribution >= 4 is 23.3 Å². The van der Waals surface area contributed by atoms with Crippen molar-refractivity contribution in [1.82, 2.24) is 5.32 Å². The first-order valence-corrected chi connectivity index (χ1v) is 7.52. The van der Waals surface area contributed by atoms with Gasteiger partial charge in [-0.1, -0.05) is 29.8 Å². The standard InChI is InChI=1S/C17H19ClN2O3/c1-22-15-8-7-13(11-16(15)23-2)20-17(21)19-10-9-12-5-3-4-6-14(12)18/h3-8,11H,9-10H2,1-2H3,(H2,19,20,21). The number of hydrogen-bond donors (Lipinski definition) is 2. The van der Waals surface area contributed by atoms with E-state index in [1.165, 1.54) is 0 Å². The maximum absolute atomic E-state index is 11.9. The number of rotatable bonds is 6. The average molecular weight is 335 g/mol. The molecule has 0 atom stereocenters. The van der Waals surface area contributed by atoms with E-state index >= 15 is 0 Å². The molecule has 2 rings (SSSR count). The number of benzene rings is 2. The van der Waals surface area contributed by atoms with Gasteiger partial charge in [-0.15, -0.1) is 0 Å². The van der Waals surface area contributed by atoms with Crippen LogP contribution in [0.25, 0.3) is 0 Å². The first-order valence-electron chi connectivity index (χ1n) is 7.14. The van der Waals surface area contributed by atoms with Crippen molar-refractivity contribution in [2.24, 2.45) is 0 Å². The predicted molar refractivity (Wildman–Crippen MR) is 91.7 cm³/mol. The minimum atomic E-state index is -0.288. The highest BCUT2D eigenvalue weighted by molar-refractivity contribution is 6.31. The lowest BCUT2D eigenvalue weighted by atomic mass is 10.1. The largest absolute Gasteiger partial charge is 0.493 e. The van der Waals surface area contributed by atoms with E-state index in [2.05, 4.69) is 10.6 Å². The minimum absolute atomic E-state index is 0.288. The van der Waals surface area contributed by atoms with E-state index in [9.17, 15) is 4.79 Å². The molecule has 0 radical (unpaired) electrons. The summed E-state index contributed by atoms with van der Waals surface area (Å²) in [5.41, 5.74) is 1.62. The Morgan fingerprint density at radius 1 is 1.09 bits per heavy atom. The molecule has 0 bridgehead atoms. The Balaban J connectivity index is 1.86. The normalized spacial score (nSPS) is 10.0. The Bertz CT molecular complexity index is 677. The van der Waals surface area contributed by atoms with E-state index in [4.69, 9.17) is 21.1 Å². The highest BCUT2D eigenvalue weighted by Gasteiger charge is 2.07. The van der Waals surface area contributed by atoms with Gasteiger partial charge in [-0.3, -0.25) is 0 Å². The smallest absolute Gasteiger partial charge is 0.319 e. The van der Waals surface area contributed by atoms with Crippen molar-refractivity contribution in [2.45, 2.75) is 6.42 Å². The van der Waals surface area contributed by atoms with Crippen molar-refractivity contribution in [1.29, 1.82) is 0 Å². The summed E-state index contributed by atoms with van der Waals surface area (Å²) < 4.78 is 10.4. The Labute approximate surface area is 140 Å². The second kappa shape index (κ2) is 8.29. The molecule has 0 fully saturated rings. The van der Waals surface area contributed by atoms with Crippen LogP contribution >= 0.6 is 11.6 Å². The zero-order chi connectivity index (χ0) is 16.7. The molecule has 5 nitrogen and oxygen atoms in total. The number of hydrogen-bond acceptors (Lipinski definition) is 3. The van der Waals surface area contributed by atoms with E-state index in [1.807, 2.05) is 24.3 Å². The molecular weight excluding hydrogens is 316 g/mol. The van der Waals surface area contributed by atoms with Gasteiger partial charge < -0.3 is 20.1 Å². The van der Waals surface area contributed by atoms with Crippen LogP contribution in [0.3, 0.4) is 0 Å². The number of methoxy groups -OCH3 is 2. The van der Waals surface area contributed by atoms with E-state index < -0.39 is 0 Å². The molecule has 0 aliphatic carbocycles. The molecule has 0 aliphatic rings.